The van der Waals surface area contributed by atoms with Crippen molar-refractivity contribution in [3.63, 3.8) is 0 Å². The Morgan fingerprint density at radius 3 is 2.65 bits per heavy atom. The molecule has 0 aromatic heterocycles. The van der Waals surface area contributed by atoms with Crippen LogP contribution in [-0.2, 0) is 16.0 Å². The molecule has 92 valence electrons. The highest BCUT2D eigenvalue weighted by Gasteiger charge is 2.39. The van der Waals surface area contributed by atoms with E-state index in [1.807, 2.05) is 18.2 Å². The number of allylic oxidation sites excluding steroid dienone is 1. The van der Waals surface area contributed by atoms with Crippen LogP contribution < -0.4 is 0 Å². The Morgan fingerprint density at radius 1 is 1.47 bits per heavy atom. The van der Waals surface area contributed by atoms with Gasteiger partial charge in [0.2, 0.25) is 5.67 Å². The van der Waals surface area contributed by atoms with Gasteiger partial charge in [-0.05, 0) is 12.5 Å². The van der Waals surface area contributed by atoms with Crippen molar-refractivity contribution in [1.82, 2.24) is 0 Å². The Kier molecular flexibility index (Phi) is 4.88. The number of carbonyl (C=O) groups excluding carboxylic acids is 1. The molecular weight excluding hydrogens is 219 g/mol. The molecule has 1 aromatic rings. The third kappa shape index (κ3) is 3.70. The molecule has 1 rings (SSSR count). The molecule has 0 spiro atoms. The van der Waals surface area contributed by atoms with Gasteiger partial charge in [-0.2, -0.15) is 0 Å². The lowest BCUT2D eigenvalue weighted by Gasteiger charge is -2.21. The van der Waals surface area contributed by atoms with Crippen LogP contribution in [0.1, 0.15) is 18.9 Å². The lowest BCUT2D eigenvalue weighted by atomic mass is 9.93. The zero-order valence-electron chi connectivity index (χ0n) is 9.99. The molecule has 0 fully saturated rings. The molecule has 0 aliphatic rings. The van der Waals surface area contributed by atoms with Crippen LogP contribution in [0.15, 0.2) is 43.0 Å². The highest BCUT2D eigenvalue weighted by atomic mass is 19.1. The summed E-state index contributed by atoms with van der Waals surface area (Å²) < 4.78 is 19.3. The maximum Gasteiger partial charge on any atom is 0.344 e. The van der Waals surface area contributed by atoms with Crippen molar-refractivity contribution >= 4 is 5.97 Å². The molecule has 17 heavy (non-hydrogen) atoms. The summed E-state index contributed by atoms with van der Waals surface area (Å²) in [6.45, 7) is 5.32. The van der Waals surface area contributed by atoms with Crippen molar-refractivity contribution in [3.8, 4) is 0 Å². The summed E-state index contributed by atoms with van der Waals surface area (Å²) in [5.41, 5.74) is -1.25. The van der Waals surface area contributed by atoms with E-state index in [4.69, 9.17) is 4.74 Å². The first-order valence-corrected chi connectivity index (χ1v) is 5.63. The van der Waals surface area contributed by atoms with E-state index in [0.29, 0.717) is 0 Å². The molecule has 0 radical (unpaired) electrons. The van der Waals surface area contributed by atoms with Crippen molar-refractivity contribution in [2.75, 3.05) is 6.61 Å². The standard InChI is InChI=1S/C14H17FO2/c1-3-10-14(15,13(16)17-4-2)11-12-8-6-5-7-9-12/h3,5-9H,1,4,10-11H2,2H3. The molecule has 0 saturated carbocycles. The predicted molar refractivity (Wildman–Crippen MR) is 65.4 cm³/mol. The molecule has 2 nitrogen and oxygen atoms in total. The second-order valence-corrected chi connectivity index (χ2v) is 3.84. The van der Waals surface area contributed by atoms with Crippen LogP contribution >= 0.6 is 0 Å². The molecule has 0 N–H and O–H groups in total. The van der Waals surface area contributed by atoms with Crippen molar-refractivity contribution < 1.29 is 13.9 Å². The number of rotatable bonds is 6. The summed E-state index contributed by atoms with van der Waals surface area (Å²) in [6, 6.07) is 9.05. The van der Waals surface area contributed by atoms with E-state index in [9.17, 15) is 9.18 Å². The Balaban J connectivity index is 2.84. The van der Waals surface area contributed by atoms with Crippen LogP contribution in [-0.4, -0.2) is 18.2 Å². The first-order chi connectivity index (χ1) is 8.12. The first kappa shape index (κ1) is 13.4. The van der Waals surface area contributed by atoms with E-state index in [-0.39, 0.29) is 19.4 Å². The highest BCUT2D eigenvalue weighted by molar-refractivity contribution is 5.80. The lowest BCUT2D eigenvalue weighted by Crippen LogP contribution is -2.37. The van der Waals surface area contributed by atoms with Gasteiger partial charge in [-0.1, -0.05) is 36.4 Å². The summed E-state index contributed by atoms with van der Waals surface area (Å²) in [4.78, 5) is 11.6. The second-order valence-electron chi connectivity index (χ2n) is 3.84. The predicted octanol–water partition coefficient (Wildman–Crippen LogP) is 3.08. The molecule has 0 bridgehead atoms. The van der Waals surface area contributed by atoms with Gasteiger partial charge in [0.05, 0.1) is 6.61 Å². The largest absolute Gasteiger partial charge is 0.464 e. The minimum absolute atomic E-state index is 0.0126. The monoisotopic (exact) mass is 236 g/mol. The van der Waals surface area contributed by atoms with Gasteiger partial charge in [0.1, 0.15) is 0 Å². The third-order valence-electron chi connectivity index (χ3n) is 2.44. The Bertz CT molecular complexity index is 375. The average molecular weight is 236 g/mol. The van der Waals surface area contributed by atoms with Gasteiger partial charge in [-0.3, -0.25) is 0 Å². The Labute approximate surface area is 101 Å². The van der Waals surface area contributed by atoms with Crippen LogP contribution in [0.4, 0.5) is 4.39 Å². The summed E-state index contributed by atoms with van der Waals surface area (Å²) in [7, 11) is 0. The SMILES string of the molecule is C=CCC(F)(Cc1ccccc1)C(=O)OCC. The van der Waals surface area contributed by atoms with Crippen LogP contribution in [0.3, 0.4) is 0 Å². The number of hydrogen-bond acceptors (Lipinski definition) is 2. The number of alkyl halides is 1. The Morgan fingerprint density at radius 2 is 2.12 bits per heavy atom. The zero-order chi connectivity index (χ0) is 12.7. The van der Waals surface area contributed by atoms with E-state index in [0.717, 1.165) is 5.56 Å². The number of carbonyl (C=O) groups is 1. The molecule has 0 amide bonds. The molecule has 1 aromatic carbocycles. The van der Waals surface area contributed by atoms with Gasteiger partial charge >= 0.3 is 5.97 Å². The smallest absolute Gasteiger partial charge is 0.344 e. The van der Waals surface area contributed by atoms with Crippen LogP contribution in [0.2, 0.25) is 0 Å². The molecule has 0 saturated heterocycles. The highest BCUT2D eigenvalue weighted by Crippen LogP contribution is 2.24. The van der Waals surface area contributed by atoms with Crippen LogP contribution in [0, 0.1) is 0 Å². The summed E-state index contributed by atoms with van der Waals surface area (Å²) in [5, 5.41) is 0. The number of ether oxygens (including phenoxy) is 1. The van der Waals surface area contributed by atoms with Gasteiger partial charge in [-0.25, -0.2) is 9.18 Å². The lowest BCUT2D eigenvalue weighted by molar-refractivity contribution is -0.157. The number of halogens is 1. The average Bonchev–Trinajstić information content (AvgIpc) is 2.31. The fourth-order valence-electron chi connectivity index (χ4n) is 1.64. The van der Waals surface area contributed by atoms with E-state index in [2.05, 4.69) is 6.58 Å². The van der Waals surface area contributed by atoms with Crippen molar-refractivity contribution in [2.24, 2.45) is 0 Å². The second kappa shape index (κ2) is 6.18. The van der Waals surface area contributed by atoms with E-state index < -0.39 is 11.6 Å². The number of benzene rings is 1. The third-order valence-corrected chi connectivity index (χ3v) is 2.44. The minimum atomic E-state index is -2.01. The van der Waals surface area contributed by atoms with Gasteiger partial charge in [0, 0.05) is 12.8 Å². The minimum Gasteiger partial charge on any atom is -0.464 e. The summed E-state index contributed by atoms with van der Waals surface area (Å²) >= 11 is 0. The molecule has 0 aliphatic heterocycles. The van der Waals surface area contributed by atoms with Gasteiger partial charge in [0.25, 0.3) is 0 Å². The first-order valence-electron chi connectivity index (χ1n) is 5.63. The van der Waals surface area contributed by atoms with E-state index >= 15 is 0 Å². The van der Waals surface area contributed by atoms with E-state index in [1.54, 1.807) is 19.1 Å². The molecule has 3 heteroatoms. The maximum absolute atomic E-state index is 14.5. The van der Waals surface area contributed by atoms with Crippen molar-refractivity contribution in [2.45, 2.75) is 25.4 Å². The van der Waals surface area contributed by atoms with Crippen LogP contribution in [0.25, 0.3) is 0 Å². The topological polar surface area (TPSA) is 26.3 Å². The molecule has 1 unspecified atom stereocenters. The fourth-order valence-corrected chi connectivity index (χ4v) is 1.64. The molecule has 0 aliphatic carbocycles. The molecular formula is C14H17FO2. The maximum atomic E-state index is 14.5. The fraction of sp³-hybridized carbons (Fsp3) is 0.357. The van der Waals surface area contributed by atoms with Crippen LogP contribution in [0.5, 0.6) is 0 Å². The Hall–Kier alpha value is -1.64. The number of hydrogen-bond donors (Lipinski definition) is 0. The van der Waals surface area contributed by atoms with Crippen molar-refractivity contribution in [3.05, 3.63) is 48.6 Å². The van der Waals surface area contributed by atoms with Gasteiger partial charge < -0.3 is 4.74 Å². The van der Waals surface area contributed by atoms with Gasteiger partial charge in [-0.15, -0.1) is 6.58 Å². The number of esters is 1. The summed E-state index contributed by atoms with van der Waals surface area (Å²) in [5.74, 6) is -0.816. The molecule has 1 atom stereocenters. The van der Waals surface area contributed by atoms with E-state index in [1.165, 1.54) is 6.08 Å². The van der Waals surface area contributed by atoms with Gasteiger partial charge in [0.15, 0.2) is 0 Å². The summed E-state index contributed by atoms with van der Waals surface area (Å²) in [6.07, 6.45) is 1.37. The normalized spacial score (nSPS) is 13.8. The quantitative estimate of drug-likeness (QED) is 0.560. The zero-order valence-corrected chi connectivity index (χ0v) is 9.99. The molecule has 0 heterocycles. The van der Waals surface area contributed by atoms with Crippen molar-refractivity contribution in [1.29, 1.82) is 0 Å².